The number of halogens is 1. The normalized spacial score (nSPS) is 24.7. The number of carbonyl (C=O) groups is 1. The van der Waals surface area contributed by atoms with Gasteiger partial charge in [-0.25, -0.2) is 0 Å². The minimum Gasteiger partial charge on any atom is -0.481 e. The maximum absolute atomic E-state index is 11.8. The highest BCUT2D eigenvalue weighted by molar-refractivity contribution is 5.85. The second-order valence-electron chi connectivity index (χ2n) is 5.46. The summed E-state index contributed by atoms with van der Waals surface area (Å²) >= 11 is 0. The number of nitrogens with two attached hydrogens (primary N) is 2. The molecule has 0 atom stereocenters. The number of aliphatic carboxylic acids is 1. The number of rotatable bonds is 4. The van der Waals surface area contributed by atoms with E-state index in [1.165, 1.54) is 0 Å². The molecule has 0 radical (unpaired) electrons. The predicted octanol–water partition coefficient (Wildman–Crippen LogP) is 1.89. The summed E-state index contributed by atoms with van der Waals surface area (Å²) in [4.78, 5) is 15.8. The average molecular weight is 312 g/mol. The van der Waals surface area contributed by atoms with Crippen LogP contribution in [0.15, 0.2) is 35.3 Å². The van der Waals surface area contributed by atoms with Gasteiger partial charge in [0.05, 0.1) is 5.41 Å². The number of carboxylic acids is 1. The van der Waals surface area contributed by atoms with Crippen molar-refractivity contribution in [2.75, 3.05) is 6.54 Å². The summed E-state index contributed by atoms with van der Waals surface area (Å²) in [6.07, 6.45) is 2.93. The molecule has 0 amide bonds. The lowest BCUT2D eigenvalue weighted by molar-refractivity contribution is -0.145. The van der Waals surface area contributed by atoms with Crippen molar-refractivity contribution in [2.45, 2.75) is 31.1 Å². The Morgan fingerprint density at radius 2 is 1.81 bits per heavy atom. The van der Waals surface area contributed by atoms with Crippen LogP contribution in [0, 0.1) is 5.92 Å². The van der Waals surface area contributed by atoms with Gasteiger partial charge >= 0.3 is 5.97 Å². The molecule has 0 aliphatic heterocycles. The molecule has 116 valence electrons. The first-order chi connectivity index (χ1) is 9.54. The molecule has 0 saturated heterocycles. The summed E-state index contributed by atoms with van der Waals surface area (Å²) in [5, 5.41) is 9.68. The Hall–Kier alpha value is -1.75. The Morgan fingerprint density at radius 3 is 2.29 bits per heavy atom. The fourth-order valence-corrected chi connectivity index (χ4v) is 2.97. The van der Waals surface area contributed by atoms with E-state index in [0.29, 0.717) is 25.3 Å². The van der Waals surface area contributed by atoms with Crippen LogP contribution in [0.3, 0.4) is 0 Å². The molecule has 1 aromatic carbocycles. The Morgan fingerprint density at radius 1 is 1.24 bits per heavy atom. The average Bonchev–Trinajstić information content (AvgIpc) is 2.46. The standard InChI is InChI=1S/C15H21N3O2.ClH/c16-14(17)18-10-11-6-8-15(9-7-11,13(19)20)12-4-2-1-3-5-12;/h1-5,11H,6-10H2,(H,19,20)(H4,16,17,18);1H. The first-order valence-corrected chi connectivity index (χ1v) is 6.89. The lowest BCUT2D eigenvalue weighted by atomic mass is 9.66. The molecule has 1 fully saturated rings. The van der Waals surface area contributed by atoms with Crippen LogP contribution in [0.2, 0.25) is 0 Å². The second kappa shape index (κ2) is 7.31. The van der Waals surface area contributed by atoms with Gasteiger partial charge in [0.1, 0.15) is 0 Å². The summed E-state index contributed by atoms with van der Waals surface area (Å²) in [5.74, 6) is -0.264. The maximum atomic E-state index is 11.8. The van der Waals surface area contributed by atoms with Crippen LogP contribution < -0.4 is 11.5 Å². The fourth-order valence-electron chi connectivity index (χ4n) is 2.97. The van der Waals surface area contributed by atoms with E-state index in [1.807, 2.05) is 30.3 Å². The van der Waals surface area contributed by atoms with Crippen molar-refractivity contribution < 1.29 is 9.90 Å². The van der Waals surface area contributed by atoms with Gasteiger partial charge in [-0.05, 0) is 37.2 Å². The molecule has 1 aliphatic carbocycles. The van der Waals surface area contributed by atoms with Crippen LogP contribution in [0.4, 0.5) is 0 Å². The highest BCUT2D eigenvalue weighted by Crippen LogP contribution is 2.41. The van der Waals surface area contributed by atoms with Gasteiger partial charge in [-0.1, -0.05) is 30.3 Å². The summed E-state index contributed by atoms with van der Waals surface area (Å²) in [6, 6.07) is 9.51. The molecule has 0 bridgehead atoms. The third-order valence-corrected chi connectivity index (χ3v) is 4.23. The van der Waals surface area contributed by atoms with Crippen molar-refractivity contribution >= 4 is 24.3 Å². The van der Waals surface area contributed by atoms with Crippen LogP contribution in [-0.2, 0) is 10.2 Å². The smallest absolute Gasteiger partial charge is 0.314 e. The monoisotopic (exact) mass is 311 g/mol. The predicted molar refractivity (Wildman–Crippen MR) is 85.6 cm³/mol. The van der Waals surface area contributed by atoms with Gasteiger partial charge in [0, 0.05) is 6.54 Å². The van der Waals surface area contributed by atoms with Crippen LogP contribution >= 0.6 is 12.4 Å². The van der Waals surface area contributed by atoms with E-state index in [1.54, 1.807) is 0 Å². The summed E-state index contributed by atoms with van der Waals surface area (Å²) in [7, 11) is 0. The van der Waals surface area contributed by atoms with E-state index >= 15 is 0 Å². The molecule has 1 saturated carbocycles. The molecule has 5 N–H and O–H groups in total. The van der Waals surface area contributed by atoms with E-state index in [0.717, 1.165) is 18.4 Å². The van der Waals surface area contributed by atoms with Gasteiger partial charge in [-0.2, -0.15) is 0 Å². The van der Waals surface area contributed by atoms with E-state index in [9.17, 15) is 9.90 Å². The van der Waals surface area contributed by atoms with Gasteiger partial charge in [-0.3, -0.25) is 9.79 Å². The van der Waals surface area contributed by atoms with Crippen molar-refractivity contribution in [1.29, 1.82) is 0 Å². The molecule has 2 rings (SSSR count). The minimum absolute atomic E-state index is 0. The minimum atomic E-state index is -0.754. The van der Waals surface area contributed by atoms with Crippen molar-refractivity contribution in [3.05, 3.63) is 35.9 Å². The first kappa shape index (κ1) is 17.3. The molecular formula is C15H22ClN3O2. The summed E-state index contributed by atoms with van der Waals surface area (Å²) in [6.45, 7) is 0.590. The molecule has 0 spiro atoms. The number of carboxylic acid groups (broad SMARTS) is 1. The molecule has 0 heterocycles. The molecule has 21 heavy (non-hydrogen) atoms. The van der Waals surface area contributed by atoms with Gasteiger partial charge in [0.25, 0.3) is 0 Å². The number of hydrogen-bond acceptors (Lipinski definition) is 2. The molecule has 0 unspecified atom stereocenters. The first-order valence-electron chi connectivity index (χ1n) is 6.89. The van der Waals surface area contributed by atoms with E-state index < -0.39 is 11.4 Å². The van der Waals surface area contributed by atoms with Gasteiger partial charge < -0.3 is 16.6 Å². The molecule has 1 aliphatic rings. The summed E-state index contributed by atoms with van der Waals surface area (Å²) < 4.78 is 0. The Bertz CT molecular complexity index is 493. The highest BCUT2D eigenvalue weighted by Gasteiger charge is 2.43. The third kappa shape index (κ3) is 3.88. The zero-order chi connectivity index (χ0) is 14.6. The Kier molecular flexibility index (Phi) is 6.03. The number of aliphatic imine (C=N–C) groups is 1. The van der Waals surface area contributed by atoms with Crippen LogP contribution in [0.5, 0.6) is 0 Å². The van der Waals surface area contributed by atoms with Crippen molar-refractivity contribution in [1.82, 2.24) is 0 Å². The maximum Gasteiger partial charge on any atom is 0.314 e. The zero-order valence-electron chi connectivity index (χ0n) is 11.9. The largest absolute Gasteiger partial charge is 0.481 e. The Balaban J connectivity index is 0.00000220. The van der Waals surface area contributed by atoms with Crippen molar-refractivity contribution in [3.63, 3.8) is 0 Å². The van der Waals surface area contributed by atoms with Crippen molar-refractivity contribution in [2.24, 2.45) is 22.4 Å². The lowest BCUT2D eigenvalue weighted by Crippen LogP contribution is -2.40. The number of hydrogen-bond donors (Lipinski definition) is 3. The SMILES string of the molecule is Cl.NC(N)=NCC1CCC(C(=O)O)(c2ccccc2)CC1. The van der Waals surface area contributed by atoms with E-state index in [4.69, 9.17) is 11.5 Å². The van der Waals surface area contributed by atoms with Gasteiger partial charge in [0.2, 0.25) is 0 Å². The number of nitrogens with zero attached hydrogens (tertiary/aromatic N) is 1. The molecular weight excluding hydrogens is 290 g/mol. The van der Waals surface area contributed by atoms with E-state index in [-0.39, 0.29) is 18.4 Å². The molecule has 1 aromatic rings. The number of benzene rings is 1. The topological polar surface area (TPSA) is 102 Å². The van der Waals surface area contributed by atoms with Crippen LogP contribution in [-0.4, -0.2) is 23.6 Å². The third-order valence-electron chi connectivity index (χ3n) is 4.23. The van der Waals surface area contributed by atoms with Crippen molar-refractivity contribution in [3.8, 4) is 0 Å². The van der Waals surface area contributed by atoms with Gasteiger partial charge in [-0.15, -0.1) is 12.4 Å². The Labute approximate surface area is 130 Å². The lowest BCUT2D eigenvalue weighted by Gasteiger charge is -2.36. The van der Waals surface area contributed by atoms with Gasteiger partial charge in [0.15, 0.2) is 5.96 Å². The van der Waals surface area contributed by atoms with Crippen LogP contribution in [0.1, 0.15) is 31.2 Å². The zero-order valence-corrected chi connectivity index (χ0v) is 12.7. The van der Waals surface area contributed by atoms with E-state index in [2.05, 4.69) is 4.99 Å². The summed E-state index contributed by atoms with van der Waals surface area (Å²) in [5.41, 5.74) is 10.8. The quantitative estimate of drug-likeness (QED) is 0.583. The van der Waals surface area contributed by atoms with Crippen LogP contribution in [0.25, 0.3) is 0 Å². The molecule has 0 aromatic heterocycles. The second-order valence-corrected chi connectivity index (χ2v) is 5.46. The fraction of sp³-hybridized carbons (Fsp3) is 0.467. The highest BCUT2D eigenvalue weighted by atomic mass is 35.5. The number of guanidine groups is 1. The molecule has 6 heteroatoms. The molecule has 5 nitrogen and oxygen atoms in total.